The van der Waals surface area contributed by atoms with Gasteiger partial charge in [0.05, 0.1) is 0 Å². The van der Waals surface area contributed by atoms with Gasteiger partial charge in [0.25, 0.3) is 0 Å². The van der Waals surface area contributed by atoms with Crippen LogP contribution in [0.5, 0.6) is 0 Å². The fraction of sp³-hybridized carbons (Fsp3) is 0.500. The van der Waals surface area contributed by atoms with Crippen molar-refractivity contribution in [3.63, 3.8) is 0 Å². The van der Waals surface area contributed by atoms with Gasteiger partial charge in [0.2, 0.25) is 0 Å². The normalized spacial score (nSPS) is 14.3. The molecule has 0 unspecified atom stereocenters. The molecule has 0 aliphatic rings. The highest BCUT2D eigenvalue weighted by Crippen LogP contribution is 2.26. The Bertz CT molecular complexity index is 144. The SMILES string of the molecule is C/C(=C\C[C](F)F)C(F)(F)F. The fourth-order valence-electron chi connectivity index (χ4n) is 0.346. The van der Waals surface area contributed by atoms with E-state index in [2.05, 4.69) is 0 Å². The monoisotopic (exact) mass is 173 g/mol. The number of rotatable bonds is 2. The van der Waals surface area contributed by atoms with E-state index in [0.717, 1.165) is 6.92 Å². The molecule has 0 aliphatic heterocycles. The molecule has 0 spiro atoms. The zero-order valence-electron chi connectivity index (χ0n) is 5.67. The van der Waals surface area contributed by atoms with E-state index in [4.69, 9.17) is 0 Å². The molecule has 0 N–H and O–H groups in total. The van der Waals surface area contributed by atoms with Crippen molar-refractivity contribution in [3.05, 3.63) is 18.1 Å². The summed E-state index contributed by atoms with van der Waals surface area (Å²) in [5.74, 6) is 0. The minimum Gasteiger partial charge on any atom is -0.200 e. The molecule has 0 saturated heterocycles. The van der Waals surface area contributed by atoms with Crippen LogP contribution in [0.25, 0.3) is 0 Å². The van der Waals surface area contributed by atoms with E-state index in [1.807, 2.05) is 0 Å². The van der Waals surface area contributed by atoms with Crippen LogP contribution in [0.15, 0.2) is 11.6 Å². The van der Waals surface area contributed by atoms with Gasteiger partial charge >= 0.3 is 12.6 Å². The topological polar surface area (TPSA) is 0 Å². The molecule has 0 nitrogen and oxygen atoms in total. The molecule has 0 heterocycles. The summed E-state index contributed by atoms with van der Waals surface area (Å²) in [5, 5.41) is 0. The molecule has 0 bridgehead atoms. The number of alkyl halides is 3. The van der Waals surface area contributed by atoms with E-state index >= 15 is 0 Å². The zero-order valence-corrected chi connectivity index (χ0v) is 5.67. The van der Waals surface area contributed by atoms with E-state index < -0.39 is 24.6 Å². The van der Waals surface area contributed by atoms with Gasteiger partial charge in [-0.1, -0.05) is 6.08 Å². The van der Waals surface area contributed by atoms with Crippen molar-refractivity contribution in [2.75, 3.05) is 0 Å². The second-order valence-corrected chi connectivity index (χ2v) is 1.93. The second-order valence-electron chi connectivity index (χ2n) is 1.93. The van der Waals surface area contributed by atoms with E-state index in [1.54, 1.807) is 0 Å². The zero-order chi connectivity index (χ0) is 9.07. The lowest BCUT2D eigenvalue weighted by atomic mass is 10.2. The molecular formula is C6H6F5. The lowest BCUT2D eigenvalue weighted by Gasteiger charge is -2.04. The quantitative estimate of drug-likeness (QED) is 0.443. The largest absolute Gasteiger partial charge is 0.412 e. The van der Waals surface area contributed by atoms with Crippen molar-refractivity contribution >= 4 is 0 Å². The van der Waals surface area contributed by atoms with Gasteiger partial charge < -0.3 is 0 Å². The molecule has 0 aliphatic carbocycles. The molecule has 11 heavy (non-hydrogen) atoms. The summed E-state index contributed by atoms with van der Waals surface area (Å²) < 4.78 is 57.3. The standard InChI is InChI=1S/C6H6F5/c1-4(6(9,10)11)2-3-5(7)8/h2H,3H2,1H3/b4-2+. The first kappa shape index (κ1) is 10.4. The van der Waals surface area contributed by atoms with Crippen molar-refractivity contribution < 1.29 is 22.0 Å². The fourth-order valence-corrected chi connectivity index (χ4v) is 0.346. The van der Waals surface area contributed by atoms with Gasteiger partial charge in [0, 0.05) is 12.0 Å². The summed E-state index contributed by atoms with van der Waals surface area (Å²) in [6.07, 6.45) is -6.98. The van der Waals surface area contributed by atoms with Crippen molar-refractivity contribution in [1.82, 2.24) is 0 Å². The van der Waals surface area contributed by atoms with Crippen LogP contribution in [0.4, 0.5) is 22.0 Å². The summed E-state index contributed by atoms with van der Waals surface area (Å²) in [7, 11) is 0. The van der Waals surface area contributed by atoms with E-state index in [9.17, 15) is 22.0 Å². The average molecular weight is 173 g/mol. The Morgan fingerprint density at radius 1 is 1.27 bits per heavy atom. The number of halogens is 5. The molecule has 0 atom stereocenters. The lowest BCUT2D eigenvalue weighted by Crippen LogP contribution is -2.08. The van der Waals surface area contributed by atoms with E-state index in [-0.39, 0.29) is 0 Å². The van der Waals surface area contributed by atoms with Crippen molar-refractivity contribution in [2.24, 2.45) is 0 Å². The first-order valence-electron chi connectivity index (χ1n) is 2.75. The van der Waals surface area contributed by atoms with Gasteiger partial charge in [-0.25, -0.2) is 0 Å². The second kappa shape index (κ2) is 3.69. The molecule has 0 fully saturated rings. The maximum atomic E-state index is 11.6. The lowest BCUT2D eigenvalue weighted by molar-refractivity contribution is -0.0916. The molecule has 0 aromatic heterocycles. The summed E-state index contributed by atoms with van der Waals surface area (Å²) in [6, 6.07) is 0. The van der Waals surface area contributed by atoms with Crippen LogP contribution in [-0.2, 0) is 0 Å². The Balaban J connectivity index is 4.02. The van der Waals surface area contributed by atoms with Gasteiger partial charge in [-0.3, -0.25) is 0 Å². The smallest absolute Gasteiger partial charge is 0.200 e. The van der Waals surface area contributed by atoms with Crippen LogP contribution in [-0.4, -0.2) is 6.18 Å². The van der Waals surface area contributed by atoms with E-state index in [1.165, 1.54) is 0 Å². The van der Waals surface area contributed by atoms with Crippen LogP contribution in [0.3, 0.4) is 0 Å². The predicted octanol–water partition coefficient (Wildman–Crippen LogP) is 3.31. The van der Waals surface area contributed by atoms with Crippen LogP contribution in [0.1, 0.15) is 13.3 Å². The van der Waals surface area contributed by atoms with Gasteiger partial charge in [-0.2, -0.15) is 22.0 Å². The molecule has 1 radical (unpaired) electrons. The third-order valence-electron chi connectivity index (χ3n) is 1.01. The number of hydrogen-bond acceptors (Lipinski definition) is 0. The number of allylic oxidation sites excluding steroid dienone is 2. The number of hydrogen-bond donors (Lipinski definition) is 0. The Morgan fingerprint density at radius 3 is 2.00 bits per heavy atom. The van der Waals surface area contributed by atoms with Gasteiger partial charge in [0.15, 0.2) is 0 Å². The first-order chi connectivity index (χ1) is 4.84. The summed E-state index contributed by atoms with van der Waals surface area (Å²) in [4.78, 5) is 0. The summed E-state index contributed by atoms with van der Waals surface area (Å²) >= 11 is 0. The van der Waals surface area contributed by atoms with Crippen molar-refractivity contribution in [2.45, 2.75) is 19.5 Å². The highest BCUT2D eigenvalue weighted by Gasteiger charge is 2.29. The Morgan fingerprint density at radius 2 is 1.73 bits per heavy atom. The Hall–Kier alpha value is -0.610. The highest BCUT2D eigenvalue weighted by molar-refractivity contribution is 5.06. The molecule has 0 aromatic carbocycles. The van der Waals surface area contributed by atoms with Crippen LogP contribution < -0.4 is 0 Å². The third-order valence-corrected chi connectivity index (χ3v) is 1.01. The van der Waals surface area contributed by atoms with Crippen LogP contribution >= 0.6 is 0 Å². The molecule has 0 amide bonds. The minimum absolute atomic E-state index is 0.454. The maximum Gasteiger partial charge on any atom is 0.412 e. The molecule has 65 valence electrons. The molecular weight excluding hydrogens is 167 g/mol. The van der Waals surface area contributed by atoms with Crippen molar-refractivity contribution in [1.29, 1.82) is 0 Å². The molecule has 0 rings (SSSR count). The van der Waals surface area contributed by atoms with Crippen LogP contribution in [0.2, 0.25) is 0 Å². The molecule has 0 saturated carbocycles. The van der Waals surface area contributed by atoms with E-state index in [0.29, 0.717) is 6.08 Å². The average Bonchev–Trinajstić information content (AvgIpc) is 1.80. The van der Waals surface area contributed by atoms with Gasteiger partial charge in [0.1, 0.15) is 0 Å². The summed E-state index contributed by atoms with van der Waals surface area (Å²) in [6.45, 7) is 0.753. The van der Waals surface area contributed by atoms with Crippen molar-refractivity contribution in [3.8, 4) is 0 Å². The highest BCUT2D eigenvalue weighted by atomic mass is 19.4. The van der Waals surface area contributed by atoms with Gasteiger partial charge in [-0.05, 0) is 6.92 Å². The molecule has 0 aromatic rings. The summed E-state index contributed by atoms with van der Waals surface area (Å²) in [5.41, 5.74) is -0.995. The predicted molar refractivity (Wildman–Crippen MR) is 29.9 cm³/mol. The molecule has 5 heteroatoms. The Kier molecular flexibility index (Phi) is 3.48. The van der Waals surface area contributed by atoms with Gasteiger partial charge in [-0.15, -0.1) is 0 Å². The van der Waals surface area contributed by atoms with Crippen LogP contribution in [0, 0.1) is 6.43 Å². The minimum atomic E-state index is -4.49. The third kappa shape index (κ3) is 4.75. The Labute approximate surface area is 60.7 Å². The maximum absolute atomic E-state index is 11.6. The first-order valence-corrected chi connectivity index (χ1v) is 2.75.